The summed E-state index contributed by atoms with van der Waals surface area (Å²) in [6.45, 7) is 7.20. The molecule has 2 aromatic heterocycles. The van der Waals surface area contributed by atoms with Gasteiger partial charge < -0.3 is 5.32 Å². The molecule has 0 fully saturated rings. The first-order chi connectivity index (χ1) is 11.1. The van der Waals surface area contributed by atoms with Gasteiger partial charge in [0.25, 0.3) is 0 Å². The third-order valence-electron chi connectivity index (χ3n) is 3.90. The first-order valence-electron chi connectivity index (χ1n) is 7.97. The molecule has 0 amide bonds. The van der Waals surface area contributed by atoms with E-state index in [-0.39, 0.29) is 0 Å². The third kappa shape index (κ3) is 3.17. The van der Waals surface area contributed by atoms with Gasteiger partial charge in [0.1, 0.15) is 5.82 Å². The molecule has 5 heteroatoms. The quantitative estimate of drug-likeness (QED) is 0.679. The van der Waals surface area contributed by atoms with Gasteiger partial charge in [-0.1, -0.05) is 37.1 Å². The van der Waals surface area contributed by atoms with Crippen LogP contribution >= 0.6 is 11.6 Å². The topological polar surface area (TPSA) is 42.2 Å². The summed E-state index contributed by atoms with van der Waals surface area (Å²) in [5, 5.41) is 8.98. The number of nitrogens with zero attached hydrogens (tertiary/aromatic N) is 3. The molecule has 0 spiro atoms. The van der Waals surface area contributed by atoms with Crippen LogP contribution in [0.2, 0.25) is 5.02 Å². The molecule has 0 saturated carbocycles. The van der Waals surface area contributed by atoms with Crippen molar-refractivity contribution >= 4 is 23.1 Å². The Hall–Kier alpha value is -2.07. The average molecular weight is 329 g/mol. The summed E-state index contributed by atoms with van der Waals surface area (Å²) in [5.41, 5.74) is 4.96. The van der Waals surface area contributed by atoms with Gasteiger partial charge in [-0.15, -0.1) is 0 Å². The fourth-order valence-electron chi connectivity index (χ4n) is 2.65. The van der Waals surface area contributed by atoms with Gasteiger partial charge in [0.2, 0.25) is 0 Å². The zero-order valence-electron chi connectivity index (χ0n) is 13.7. The van der Waals surface area contributed by atoms with Crippen molar-refractivity contribution in [1.82, 2.24) is 14.6 Å². The number of fused-ring (bicyclic) bond motifs is 1. The van der Waals surface area contributed by atoms with Crippen LogP contribution in [-0.2, 0) is 0 Å². The Labute approximate surface area is 141 Å². The van der Waals surface area contributed by atoms with Gasteiger partial charge in [-0.05, 0) is 32.4 Å². The molecule has 3 rings (SSSR count). The van der Waals surface area contributed by atoms with Gasteiger partial charge in [0.15, 0.2) is 5.65 Å². The Morgan fingerprint density at radius 2 is 1.91 bits per heavy atom. The Morgan fingerprint density at radius 3 is 2.61 bits per heavy atom. The van der Waals surface area contributed by atoms with Gasteiger partial charge in [-0.3, -0.25) is 0 Å². The van der Waals surface area contributed by atoms with E-state index < -0.39 is 0 Å². The maximum absolute atomic E-state index is 5.99. The lowest BCUT2D eigenvalue weighted by atomic mass is 10.1. The normalized spacial score (nSPS) is 11.1. The molecule has 23 heavy (non-hydrogen) atoms. The highest BCUT2D eigenvalue weighted by Crippen LogP contribution is 2.27. The molecule has 0 aliphatic heterocycles. The van der Waals surface area contributed by atoms with E-state index in [1.807, 2.05) is 41.8 Å². The van der Waals surface area contributed by atoms with E-state index in [1.54, 1.807) is 0 Å². The zero-order chi connectivity index (χ0) is 16.4. The molecule has 2 heterocycles. The van der Waals surface area contributed by atoms with Crippen LogP contribution in [0.25, 0.3) is 16.9 Å². The highest BCUT2D eigenvalue weighted by atomic mass is 35.5. The smallest absolute Gasteiger partial charge is 0.161 e. The van der Waals surface area contributed by atoms with Crippen molar-refractivity contribution in [2.75, 3.05) is 11.9 Å². The molecule has 0 saturated heterocycles. The predicted molar refractivity (Wildman–Crippen MR) is 96.3 cm³/mol. The van der Waals surface area contributed by atoms with Crippen LogP contribution in [0.3, 0.4) is 0 Å². The molecule has 1 aromatic carbocycles. The molecule has 0 aliphatic rings. The predicted octanol–water partition coefficient (Wildman–Crippen LogP) is 4.88. The number of unbranched alkanes of at least 4 members (excludes halogenated alkanes) is 1. The van der Waals surface area contributed by atoms with Crippen LogP contribution in [0.4, 0.5) is 5.82 Å². The number of anilines is 1. The standard InChI is InChI=1S/C18H21ClN4/c1-4-5-10-20-16-11-12(2)21-18-13(3)17(22-23(16)18)14-6-8-15(19)9-7-14/h6-9,11,20H,4-5,10H2,1-3H3. The average Bonchev–Trinajstić information content (AvgIpc) is 2.86. The second-order valence-corrected chi connectivity index (χ2v) is 6.22. The summed E-state index contributed by atoms with van der Waals surface area (Å²) >= 11 is 5.99. The van der Waals surface area contributed by atoms with E-state index >= 15 is 0 Å². The Bertz CT molecular complexity index is 821. The number of benzene rings is 1. The molecule has 0 unspecified atom stereocenters. The van der Waals surface area contributed by atoms with Crippen LogP contribution in [0.5, 0.6) is 0 Å². The minimum atomic E-state index is 0.728. The van der Waals surface area contributed by atoms with Gasteiger partial charge in [0, 0.05) is 34.5 Å². The van der Waals surface area contributed by atoms with Crippen LogP contribution < -0.4 is 5.32 Å². The number of aromatic nitrogens is 3. The minimum absolute atomic E-state index is 0.728. The van der Waals surface area contributed by atoms with Crippen molar-refractivity contribution in [1.29, 1.82) is 0 Å². The lowest BCUT2D eigenvalue weighted by Crippen LogP contribution is -2.08. The first-order valence-corrected chi connectivity index (χ1v) is 8.34. The van der Waals surface area contributed by atoms with Gasteiger partial charge in [0.05, 0.1) is 5.69 Å². The maximum atomic E-state index is 5.99. The lowest BCUT2D eigenvalue weighted by molar-refractivity contribution is 0.819. The summed E-state index contributed by atoms with van der Waals surface area (Å²) in [4.78, 5) is 4.66. The fourth-order valence-corrected chi connectivity index (χ4v) is 2.77. The van der Waals surface area contributed by atoms with Gasteiger partial charge >= 0.3 is 0 Å². The minimum Gasteiger partial charge on any atom is -0.370 e. The van der Waals surface area contributed by atoms with E-state index in [0.29, 0.717) is 0 Å². The molecule has 0 atom stereocenters. The largest absolute Gasteiger partial charge is 0.370 e. The summed E-state index contributed by atoms with van der Waals surface area (Å²) in [6.07, 6.45) is 2.29. The van der Waals surface area contributed by atoms with Crippen molar-refractivity contribution < 1.29 is 0 Å². The number of halogens is 1. The summed E-state index contributed by atoms with van der Waals surface area (Å²) < 4.78 is 1.90. The highest BCUT2D eigenvalue weighted by molar-refractivity contribution is 6.30. The molecule has 0 bridgehead atoms. The van der Waals surface area contributed by atoms with Crippen LogP contribution in [0.1, 0.15) is 31.0 Å². The highest BCUT2D eigenvalue weighted by Gasteiger charge is 2.15. The summed E-state index contributed by atoms with van der Waals surface area (Å²) in [7, 11) is 0. The SMILES string of the molecule is CCCCNc1cc(C)nc2c(C)c(-c3ccc(Cl)cc3)nn12. The second-order valence-electron chi connectivity index (χ2n) is 5.78. The first kappa shape index (κ1) is 15.8. The monoisotopic (exact) mass is 328 g/mol. The van der Waals surface area contributed by atoms with Crippen LogP contribution in [0.15, 0.2) is 30.3 Å². The molecule has 4 nitrogen and oxygen atoms in total. The van der Waals surface area contributed by atoms with E-state index in [4.69, 9.17) is 16.7 Å². The van der Waals surface area contributed by atoms with E-state index in [2.05, 4.69) is 24.1 Å². The fraction of sp³-hybridized carbons (Fsp3) is 0.333. The lowest BCUT2D eigenvalue weighted by Gasteiger charge is -2.08. The molecular weight excluding hydrogens is 308 g/mol. The van der Waals surface area contributed by atoms with Crippen LogP contribution in [-0.4, -0.2) is 21.1 Å². The van der Waals surface area contributed by atoms with Gasteiger partial charge in [-0.2, -0.15) is 9.61 Å². The van der Waals surface area contributed by atoms with E-state index in [0.717, 1.165) is 58.4 Å². The zero-order valence-corrected chi connectivity index (χ0v) is 14.5. The molecular formula is C18H21ClN4. The number of hydrogen-bond donors (Lipinski definition) is 1. The maximum Gasteiger partial charge on any atom is 0.161 e. The Kier molecular flexibility index (Phi) is 4.53. The van der Waals surface area contributed by atoms with Crippen molar-refractivity contribution in [3.8, 4) is 11.3 Å². The molecule has 3 aromatic rings. The number of rotatable bonds is 5. The van der Waals surface area contributed by atoms with E-state index in [1.165, 1.54) is 0 Å². The number of hydrogen-bond acceptors (Lipinski definition) is 3. The third-order valence-corrected chi connectivity index (χ3v) is 4.15. The molecule has 0 radical (unpaired) electrons. The number of aryl methyl sites for hydroxylation is 2. The van der Waals surface area contributed by atoms with Crippen molar-refractivity contribution in [3.63, 3.8) is 0 Å². The Balaban J connectivity index is 2.09. The summed E-state index contributed by atoms with van der Waals surface area (Å²) in [6, 6.07) is 9.81. The second kappa shape index (κ2) is 6.59. The Morgan fingerprint density at radius 1 is 1.17 bits per heavy atom. The van der Waals surface area contributed by atoms with Crippen molar-refractivity contribution in [3.05, 3.63) is 46.6 Å². The van der Waals surface area contributed by atoms with Crippen molar-refractivity contribution in [2.45, 2.75) is 33.6 Å². The molecule has 1 N–H and O–H groups in total. The molecule has 0 aliphatic carbocycles. The summed E-state index contributed by atoms with van der Waals surface area (Å²) in [5.74, 6) is 0.990. The molecule has 120 valence electrons. The number of nitrogens with one attached hydrogen (secondary N) is 1. The van der Waals surface area contributed by atoms with Crippen LogP contribution in [0, 0.1) is 13.8 Å². The van der Waals surface area contributed by atoms with E-state index in [9.17, 15) is 0 Å². The van der Waals surface area contributed by atoms with Crippen molar-refractivity contribution in [2.24, 2.45) is 0 Å². The van der Waals surface area contributed by atoms with Gasteiger partial charge in [-0.25, -0.2) is 4.98 Å².